The van der Waals surface area contributed by atoms with Gasteiger partial charge in [-0.05, 0) is 5.56 Å². The maximum Gasteiger partial charge on any atom is 0.161 e. The zero-order chi connectivity index (χ0) is 14.7. The van der Waals surface area contributed by atoms with Gasteiger partial charge in [0.2, 0.25) is 0 Å². The molecule has 1 aromatic carbocycles. The van der Waals surface area contributed by atoms with Gasteiger partial charge in [0.05, 0.1) is 6.54 Å². The summed E-state index contributed by atoms with van der Waals surface area (Å²) >= 11 is 0. The normalized spacial score (nSPS) is 10.7. The van der Waals surface area contributed by atoms with E-state index in [-0.39, 0.29) is 6.61 Å². The highest BCUT2D eigenvalue weighted by molar-refractivity contribution is 5.31. The van der Waals surface area contributed by atoms with Gasteiger partial charge in [0.1, 0.15) is 0 Å². The van der Waals surface area contributed by atoms with E-state index in [2.05, 4.69) is 0 Å². The van der Waals surface area contributed by atoms with E-state index in [1.807, 2.05) is 26.0 Å². The second-order valence-corrected chi connectivity index (χ2v) is 3.72. The molecule has 0 bridgehead atoms. The van der Waals surface area contributed by atoms with Crippen LogP contribution in [0.3, 0.4) is 0 Å². The Morgan fingerprint density at radius 2 is 1.89 bits per heavy atom. The predicted molar refractivity (Wildman–Crippen MR) is 74.9 cm³/mol. The highest BCUT2D eigenvalue weighted by Gasteiger charge is 2.00. The summed E-state index contributed by atoms with van der Waals surface area (Å²) in [6.07, 6.45) is 2.01. The third-order valence-electron chi connectivity index (χ3n) is 2.23. The third-order valence-corrected chi connectivity index (χ3v) is 2.23. The molecule has 0 atom stereocenters. The minimum absolute atomic E-state index is 0.0111. The maximum absolute atomic E-state index is 8.78. The summed E-state index contributed by atoms with van der Waals surface area (Å²) in [7, 11) is 0. The number of quaternary nitrogens is 1. The number of hydrogen-bond acceptors (Lipinski definition) is 5. The fourth-order valence-electron chi connectivity index (χ4n) is 1.37. The van der Waals surface area contributed by atoms with Crippen molar-refractivity contribution in [1.82, 2.24) is 5.01 Å². The Hall–Kier alpha value is -1.60. The van der Waals surface area contributed by atoms with Crippen LogP contribution in [-0.4, -0.2) is 21.9 Å². The zero-order valence-corrected chi connectivity index (χ0v) is 11.6. The Labute approximate surface area is 114 Å². The van der Waals surface area contributed by atoms with Crippen molar-refractivity contribution >= 4 is 5.69 Å². The van der Waals surface area contributed by atoms with Gasteiger partial charge in [-0.15, -0.1) is 0 Å². The van der Waals surface area contributed by atoms with Crippen molar-refractivity contribution in [3.8, 4) is 0 Å². The first kappa shape index (κ1) is 17.4. The van der Waals surface area contributed by atoms with Gasteiger partial charge < -0.3 is 15.8 Å². The van der Waals surface area contributed by atoms with Crippen LogP contribution in [-0.2, 0) is 6.54 Å². The van der Waals surface area contributed by atoms with Crippen molar-refractivity contribution in [1.29, 1.82) is 0 Å². The van der Waals surface area contributed by atoms with Gasteiger partial charge >= 0.3 is 0 Å². The molecule has 1 rings (SSSR count). The van der Waals surface area contributed by atoms with E-state index in [0.717, 1.165) is 16.7 Å². The van der Waals surface area contributed by atoms with Crippen LogP contribution >= 0.6 is 0 Å². The molecule has 6 heteroatoms. The van der Waals surface area contributed by atoms with Crippen molar-refractivity contribution in [2.24, 2.45) is 11.6 Å². The lowest BCUT2D eigenvalue weighted by atomic mass is 10.2. The maximum atomic E-state index is 8.78. The Morgan fingerprint density at radius 3 is 2.37 bits per heavy atom. The summed E-state index contributed by atoms with van der Waals surface area (Å²) in [4.78, 5) is 0. The highest BCUT2D eigenvalue weighted by atomic mass is 16.5. The van der Waals surface area contributed by atoms with Crippen molar-refractivity contribution in [2.75, 3.05) is 6.61 Å². The molecule has 0 heterocycles. The Morgan fingerprint density at radius 1 is 1.32 bits per heavy atom. The molecule has 0 fully saturated rings. The molecular weight excluding hydrogens is 244 g/mol. The topological polar surface area (TPSA) is 112 Å². The van der Waals surface area contributed by atoms with Gasteiger partial charge in [-0.1, -0.05) is 26.0 Å². The number of aliphatic hydroxyl groups is 1. The predicted octanol–water partition coefficient (Wildman–Crippen LogP) is 0.155. The molecule has 0 saturated carbocycles. The molecule has 0 spiro atoms. The van der Waals surface area contributed by atoms with Gasteiger partial charge in [-0.2, -0.15) is 5.48 Å². The van der Waals surface area contributed by atoms with Gasteiger partial charge in [-0.25, -0.2) is 11.0 Å². The van der Waals surface area contributed by atoms with Crippen LogP contribution in [0, 0.1) is 0 Å². The number of rotatable bonds is 6. The summed E-state index contributed by atoms with van der Waals surface area (Å²) in [5.41, 5.74) is 8.96. The fourth-order valence-corrected chi connectivity index (χ4v) is 1.37. The Kier molecular flexibility index (Phi) is 9.46. The molecule has 6 nitrogen and oxygen atoms in total. The molecule has 19 heavy (non-hydrogen) atoms. The van der Waals surface area contributed by atoms with E-state index in [4.69, 9.17) is 21.9 Å². The standard InChI is InChI=1S/C11H18N4O2.C2H6/c12-10(5-6-16)8-15(13)7-9-1-3-11(14-17)4-2-9;1-2/h1-4,8,14,16-17H,5-7,12-13H2;1-2H3/p+1/b10-8-;. The average Bonchev–Trinajstić information content (AvgIpc) is 2.42. The molecule has 0 saturated heterocycles. The molecule has 8 N–H and O–H groups in total. The summed E-state index contributed by atoms with van der Waals surface area (Å²) in [5.74, 6) is 5.75. The lowest BCUT2D eigenvalue weighted by Crippen LogP contribution is -2.73. The van der Waals surface area contributed by atoms with Crippen LogP contribution in [0.25, 0.3) is 0 Å². The molecular formula is C13H25N4O2+. The number of hydrogen-bond donors (Lipinski definition) is 5. The molecule has 0 aliphatic rings. The lowest BCUT2D eigenvalue weighted by molar-refractivity contribution is -0.825. The van der Waals surface area contributed by atoms with Crippen LogP contribution < -0.4 is 17.1 Å². The first-order chi connectivity index (χ1) is 9.15. The quantitative estimate of drug-likeness (QED) is 0.287. The van der Waals surface area contributed by atoms with Crippen LogP contribution in [0.4, 0.5) is 5.69 Å². The van der Waals surface area contributed by atoms with Gasteiger partial charge in [0.15, 0.2) is 5.69 Å². The van der Waals surface area contributed by atoms with Crippen LogP contribution in [0.15, 0.2) is 36.2 Å². The number of nitrogens with two attached hydrogens (primary N) is 3. The SMILES string of the molecule is CC.N/C(=C\N(N)Cc1ccc([NH2+]O)cc1)CCO. The van der Waals surface area contributed by atoms with E-state index in [1.54, 1.807) is 18.3 Å². The van der Waals surface area contributed by atoms with Crippen LogP contribution in [0.5, 0.6) is 0 Å². The largest absolute Gasteiger partial charge is 0.401 e. The van der Waals surface area contributed by atoms with Crippen LogP contribution in [0.2, 0.25) is 0 Å². The summed E-state index contributed by atoms with van der Waals surface area (Å²) in [6, 6.07) is 7.34. The van der Waals surface area contributed by atoms with Gasteiger partial charge in [0.25, 0.3) is 0 Å². The summed E-state index contributed by atoms with van der Waals surface area (Å²) in [6.45, 7) is 4.52. The van der Waals surface area contributed by atoms with Crippen LogP contribution in [0.1, 0.15) is 25.8 Å². The fraction of sp³-hybridized carbons (Fsp3) is 0.385. The number of hydrazine groups is 1. The smallest absolute Gasteiger partial charge is 0.161 e. The molecule has 1 aromatic rings. The molecule has 0 aliphatic carbocycles. The Balaban J connectivity index is 0.00000154. The molecule has 0 aromatic heterocycles. The van der Waals surface area contributed by atoms with E-state index >= 15 is 0 Å². The Bertz CT molecular complexity index is 365. The number of benzene rings is 1. The van der Waals surface area contributed by atoms with Crippen molar-refractivity contribution < 1.29 is 15.8 Å². The summed E-state index contributed by atoms with van der Waals surface area (Å²) in [5, 5.41) is 18.9. The second kappa shape index (κ2) is 10.3. The molecule has 0 unspecified atom stereocenters. The summed E-state index contributed by atoms with van der Waals surface area (Å²) < 4.78 is 0. The minimum atomic E-state index is 0.0111. The van der Waals surface area contributed by atoms with Crippen molar-refractivity contribution in [3.63, 3.8) is 0 Å². The van der Waals surface area contributed by atoms with Gasteiger partial charge in [0, 0.05) is 37.1 Å². The third kappa shape index (κ3) is 7.43. The van der Waals surface area contributed by atoms with Crippen molar-refractivity contribution in [3.05, 3.63) is 41.7 Å². The molecule has 0 amide bonds. The number of aliphatic hydroxyl groups excluding tert-OH is 1. The monoisotopic (exact) mass is 269 g/mol. The first-order valence-corrected chi connectivity index (χ1v) is 6.30. The second-order valence-electron chi connectivity index (χ2n) is 3.72. The van der Waals surface area contributed by atoms with E-state index in [9.17, 15) is 0 Å². The minimum Gasteiger partial charge on any atom is -0.401 e. The molecule has 108 valence electrons. The molecule has 0 aliphatic heterocycles. The average molecular weight is 269 g/mol. The zero-order valence-electron chi connectivity index (χ0n) is 11.6. The van der Waals surface area contributed by atoms with E-state index < -0.39 is 0 Å². The van der Waals surface area contributed by atoms with E-state index in [0.29, 0.717) is 18.7 Å². The van der Waals surface area contributed by atoms with E-state index in [1.165, 1.54) is 5.01 Å². The number of nitrogens with zero attached hydrogens (tertiary/aromatic N) is 1. The highest BCUT2D eigenvalue weighted by Crippen LogP contribution is 2.06. The van der Waals surface area contributed by atoms with Crippen molar-refractivity contribution in [2.45, 2.75) is 26.8 Å². The van der Waals surface area contributed by atoms with Gasteiger partial charge in [-0.3, -0.25) is 0 Å². The lowest BCUT2D eigenvalue weighted by Gasteiger charge is -2.14. The first-order valence-electron chi connectivity index (χ1n) is 6.30. The molecule has 0 radical (unpaired) electrons.